The van der Waals surface area contributed by atoms with E-state index in [4.69, 9.17) is 4.74 Å². The van der Waals surface area contributed by atoms with Crippen molar-refractivity contribution in [3.63, 3.8) is 0 Å². The van der Waals surface area contributed by atoms with Crippen LogP contribution in [0.3, 0.4) is 0 Å². The van der Waals surface area contributed by atoms with E-state index in [1.165, 1.54) is 9.75 Å². The zero-order chi connectivity index (χ0) is 13.1. The first kappa shape index (κ1) is 13.3. The Labute approximate surface area is 122 Å². The molecule has 2 aromatic rings. The molecule has 3 heterocycles. The van der Waals surface area contributed by atoms with Crippen LogP contribution in [0.15, 0.2) is 35.0 Å². The number of nitrogens with one attached hydrogen (secondary N) is 1. The van der Waals surface area contributed by atoms with Crippen molar-refractivity contribution in [2.45, 2.75) is 19.4 Å². The minimum Gasteiger partial charge on any atom is -0.380 e. The zero-order valence-corrected chi connectivity index (χ0v) is 12.7. The van der Waals surface area contributed by atoms with E-state index in [1.807, 2.05) is 22.7 Å². The lowest BCUT2D eigenvalue weighted by molar-refractivity contribution is -0.1000. The van der Waals surface area contributed by atoms with E-state index in [0.29, 0.717) is 11.5 Å². The molecular formula is C15H19NOS2. The lowest BCUT2D eigenvalue weighted by Crippen LogP contribution is -2.48. The van der Waals surface area contributed by atoms with Gasteiger partial charge in [0, 0.05) is 34.2 Å². The molecule has 1 unspecified atom stereocenters. The summed E-state index contributed by atoms with van der Waals surface area (Å²) >= 11 is 3.68. The first-order chi connectivity index (χ1) is 9.25. The molecule has 1 saturated heterocycles. The average Bonchev–Trinajstić information content (AvgIpc) is 3.04. The van der Waals surface area contributed by atoms with Crippen molar-refractivity contribution in [1.82, 2.24) is 5.32 Å². The summed E-state index contributed by atoms with van der Waals surface area (Å²) < 4.78 is 5.33. The first-order valence-corrected chi connectivity index (χ1v) is 8.38. The minimum absolute atomic E-state index is 0.324. The fraction of sp³-hybridized carbons (Fsp3) is 0.467. The van der Waals surface area contributed by atoms with Crippen LogP contribution in [0.25, 0.3) is 0 Å². The predicted molar refractivity (Wildman–Crippen MR) is 82.0 cm³/mol. The Bertz CT molecular complexity index is 488. The van der Waals surface area contributed by atoms with Gasteiger partial charge in [-0.2, -0.15) is 0 Å². The van der Waals surface area contributed by atoms with Crippen molar-refractivity contribution < 1.29 is 4.74 Å². The number of thiophene rings is 2. The van der Waals surface area contributed by atoms with Gasteiger partial charge in [0.2, 0.25) is 0 Å². The van der Waals surface area contributed by atoms with Gasteiger partial charge in [0.1, 0.15) is 0 Å². The number of hydrogen-bond acceptors (Lipinski definition) is 4. The third kappa shape index (κ3) is 3.26. The van der Waals surface area contributed by atoms with Crippen molar-refractivity contribution in [2.75, 3.05) is 19.8 Å². The second kappa shape index (κ2) is 5.75. The van der Waals surface area contributed by atoms with Crippen LogP contribution in [0.5, 0.6) is 0 Å². The molecule has 0 amide bonds. The Balaban J connectivity index is 1.66. The molecule has 1 N–H and O–H groups in total. The molecule has 2 aromatic heterocycles. The summed E-state index contributed by atoms with van der Waals surface area (Å²) in [6.07, 6.45) is 1.08. The average molecular weight is 293 g/mol. The first-order valence-electron chi connectivity index (χ1n) is 6.62. The second-order valence-corrected chi connectivity index (χ2v) is 7.55. The molecule has 1 aliphatic heterocycles. The maximum atomic E-state index is 5.33. The minimum atomic E-state index is 0.324. The fourth-order valence-corrected chi connectivity index (χ4v) is 3.87. The summed E-state index contributed by atoms with van der Waals surface area (Å²) in [4.78, 5) is 2.87. The van der Waals surface area contributed by atoms with E-state index in [9.17, 15) is 0 Å². The van der Waals surface area contributed by atoms with Crippen molar-refractivity contribution in [2.24, 2.45) is 5.41 Å². The van der Waals surface area contributed by atoms with E-state index in [-0.39, 0.29) is 0 Å². The summed E-state index contributed by atoms with van der Waals surface area (Å²) in [5, 5.41) is 8.05. The van der Waals surface area contributed by atoms with E-state index in [0.717, 1.165) is 26.2 Å². The van der Waals surface area contributed by atoms with Gasteiger partial charge in [0.05, 0.1) is 13.2 Å². The SMILES string of the molecule is CC1(CNC(Cc2cccs2)c2cccs2)COC1. The number of ether oxygens (including phenoxy) is 1. The lowest BCUT2D eigenvalue weighted by atomic mass is 9.88. The molecule has 1 aliphatic rings. The maximum Gasteiger partial charge on any atom is 0.0554 e. The molecule has 102 valence electrons. The van der Waals surface area contributed by atoms with Crippen LogP contribution in [0, 0.1) is 5.41 Å². The molecule has 0 bridgehead atoms. The van der Waals surface area contributed by atoms with Crippen molar-refractivity contribution in [3.8, 4) is 0 Å². The quantitative estimate of drug-likeness (QED) is 0.876. The standard InChI is InChI=1S/C15H19NOS2/c1-15(10-17-11-15)9-16-13(14-5-3-7-19-14)8-12-4-2-6-18-12/h2-7,13,16H,8-11H2,1H3. The Morgan fingerprint density at radius 3 is 2.63 bits per heavy atom. The molecule has 0 radical (unpaired) electrons. The van der Waals surface area contributed by atoms with E-state index in [1.54, 1.807) is 0 Å². The highest BCUT2D eigenvalue weighted by molar-refractivity contribution is 7.10. The second-order valence-electron chi connectivity index (χ2n) is 5.54. The van der Waals surface area contributed by atoms with Gasteiger partial charge in [0.15, 0.2) is 0 Å². The molecule has 2 nitrogen and oxygen atoms in total. The maximum absolute atomic E-state index is 5.33. The van der Waals surface area contributed by atoms with E-state index in [2.05, 4.69) is 47.3 Å². The van der Waals surface area contributed by atoms with Gasteiger partial charge in [-0.05, 0) is 22.9 Å². The molecule has 19 heavy (non-hydrogen) atoms. The zero-order valence-electron chi connectivity index (χ0n) is 11.1. The van der Waals surface area contributed by atoms with Gasteiger partial charge in [-0.25, -0.2) is 0 Å². The van der Waals surface area contributed by atoms with Crippen molar-refractivity contribution in [1.29, 1.82) is 0 Å². The monoisotopic (exact) mass is 293 g/mol. The molecule has 0 aliphatic carbocycles. The topological polar surface area (TPSA) is 21.3 Å². The highest BCUT2D eigenvalue weighted by Crippen LogP contribution is 2.29. The van der Waals surface area contributed by atoms with E-state index >= 15 is 0 Å². The van der Waals surface area contributed by atoms with Crippen molar-refractivity contribution in [3.05, 3.63) is 44.8 Å². The van der Waals surface area contributed by atoms with Crippen LogP contribution in [0.2, 0.25) is 0 Å². The molecule has 1 atom stereocenters. The third-order valence-corrected chi connectivity index (χ3v) is 5.43. The molecule has 0 aromatic carbocycles. The highest BCUT2D eigenvalue weighted by atomic mass is 32.1. The predicted octanol–water partition coefficient (Wildman–Crippen LogP) is 3.72. The number of rotatable bonds is 6. The Hall–Kier alpha value is -0.680. The van der Waals surface area contributed by atoms with Crippen LogP contribution in [-0.4, -0.2) is 19.8 Å². The third-order valence-electron chi connectivity index (χ3n) is 3.55. The molecule has 0 spiro atoms. The summed E-state index contributed by atoms with van der Waals surface area (Å²) in [7, 11) is 0. The normalized spacial score (nSPS) is 19.0. The van der Waals surface area contributed by atoms with Gasteiger partial charge in [-0.3, -0.25) is 0 Å². The summed E-state index contributed by atoms with van der Waals surface area (Å²) in [6, 6.07) is 9.15. The van der Waals surface area contributed by atoms with Crippen LogP contribution in [0.1, 0.15) is 22.7 Å². The van der Waals surface area contributed by atoms with E-state index < -0.39 is 0 Å². The Morgan fingerprint density at radius 2 is 2.05 bits per heavy atom. The van der Waals surface area contributed by atoms with Crippen LogP contribution in [0.4, 0.5) is 0 Å². The smallest absolute Gasteiger partial charge is 0.0554 e. The van der Waals surface area contributed by atoms with Gasteiger partial charge in [0.25, 0.3) is 0 Å². The van der Waals surface area contributed by atoms with Gasteiger partial charge < -0.3 is 10.1 Å². The van der Waals surface area contributed by atoms with Crippen molar-refractivity contribution >= 4 is 22.7 Å². The summed E-state index contributed by atoms with van der Waals surface area (Å²) in [6.45, 7) is 5.09. The lowest BCUT2D eigenvalue weighted by Gasteiger charge is -2.39. The van der Waals surface area contributed by atoms with Crippen LogP contribution >= 0.6 is 22.7 Å². The molecular weight excluding hydrogens is 274 g/mol. The van der Waals surface area contributed by atoms with Crippen LogP contribution < -0.4 is 5.32 Å². The fourth-order valence-electron chi connectivity index (χ4n) is 2.31. The van der Waals surface area contributed by atoms with Crippen LogP contribution in [-0.2, 0) is 11.2 Å². The molecule has 3 rings (SSSR count). The highest BCUT2D eigenvalue weighted by Gasteiger charge is 2.33. The molecule has 1 fully saturated rings. The summed E-state index contributed by atoms with van der Waals surface area (Å²) in [5.74, 6) is 0. The number of hydrogen-bond donors (Lipinski definition) is 1. The van der Waals surface area contributed by atoms with Gasteiger partial charge in [-0.15, -0.1) is 22.7 Å². The molecule has 4 heteroatoms. The summed E-state index contributed by atoms with van der Waals surface area (Å²) in [5.41, 5.74) is 0.324. The van der Waals surface area contributed by atoms with Gasteiger partial charge in [-0.1, -0.05) is 19.1 Å². The Morgan fingerprint density at radius 1 is 1.26 bits per heavy atom. The van der Waals surface area contributed by atoms with Gasteiger partial charge >= 0.3 is 0 Å². The largest absolute Gasteiger partial charge is 0.380 e. The molecule has 0 saturated carbocycles. The Kier molecular flexibility index (Phi) is 4.03.